The first-order valence-electron chi connectivity index (χ1n) is 7.68. The fourth-order valence-electron chi connectivity index (χ4n) is 2.06. The molecule has 0 fully saturated rings. The third-order valence-electron chi connectivity index (χ3n) is 3.25. The zero-order valence-electron chi connectivity index (χ0n) is 14.1. The molecule has 1 unspecified atom stereocenters. The van der Waals surface area contributed by atoms with Crippen LogP contribution in [0.3, 0.4) is 0 Å². The Kier molecular flexibility index (Phi) is 5.80. The van der Waals surface area contributed by atoms with Gasteiger partial charge in [0.1, 0.15) is 5.60 Å². The lowest BCUT2D eigenvalue weighted by molar-refractivity contribution is 0.0636. The van der Waals surface area contributed by atoms with E-state index in [-0.39, 0.29) is 6.04 Å². The van der Waals surface area contributed by atoms with E-state index in [1.165, 1.54) is 11.1 Å². The SMILES string of the molecule is CC(NCc1ccsc1)c1ccc(NC(=O)OC(C)(C)C)cc1. The maximum absolute atomic E-state index is 11.7. The Labute approximate surface area is 141 Å². The molecule has 0 spiro atoms. The van der Waals surface area contributed by atoms with Gasteiger partial charge in [-0.25, -0.2) is 4.79 Å². The standard InChI is InChI=1S/C18H24N2O2S/c1-13(19-11-14-9-10-23-12-14)15-5-7-16(8-6-15)20-17(21)22-18(2,3)4/h5-10,12-13,19H,11H2,1-4H3,(H,20,21). The molecule has 2 aromatic rings. The Bertz CT molecular complexity index is 615. The van der Waals surface area contributed by atoms with E-state index < -0.39 is 11.7 Å². The Hall–Kier alpha value is -1.85. The van der Waals surface area contributed by atoms with Crippen molar-refractivity contribution in [3.63, 3.8) is 0 Å². The predicted molar refractivity (Wildman–Crippen MR) is 95.9 cm³/mol. The van der Waals surface area contributed by atoms with E-state index in [1.54, 1.807) is 11.3 Å². The quantitative estimate of drug-likeness (QED) is 0.815. The molecule has 1 amide bonds. The van der Waals surface area contributed by atoms with Crippen molar-refractivity contribution >= 4 is 23.1 Å². The van der Waals surface area contributed by atoms with E-state index in [4.69, 9.17) is 4.74 Å². The van der Waals surface area contributed by atoms with Gasteiger partial charge in [-0.05, 0) is 67.8 Å². The van der Waals surface area contributed by atoms with E-state index in [1.807, 2.05) is 45.0 Å². The van der Waals surface area contributed by atoms with Gasteiger partial charge >= 0.3 is 6.09 Å². The highest BCUT2D eigenvalue weighted by Crippen LogP contribution is 2.18. The zero-order chi connectivity index (χ0) is 16.9. The molecule has 1 atom stereocenters. The van der Waals surface area contributed by atoms with E-state index in [2.05, 4.69) is 34.4 Å². The van der Waals surface area contributed by atoms with Crippen molar-refractivity contribution in [2.45, 2.75) is 45.9 Å². The predicted octanol–water partition coefficient (Wildman–Crippen LogP) is 4.95. The fraction of sp³-hybridized carbons (Fsp3) is 0.389. The summed E-state index contributed by atoms with van der Waals surface area (Å²) in [7, 11) is 0. The lowest BCUT2D eigenvalue weighted by atomic mass is 10.1. The van der Waals surface area contributed by atoms with Crippen LogP contribution in [0.15, 0.2) is 41.1 Å². The van der Waals surface area contributed by atoms with Gasteiger partial charge in [-0.1, -0.05) is 12.1 Å². The van der Waals surface area contributed by atoms with Crippen molar-refractivity contribution in [1.29, 1.82) is 0 Å². The number of anilines is 1. The summed E-state index contributed by atoms with van der Waals surface area (Å²) in [6.07, 6.45) is -0.436. The van der Waals surface area contributed by atoms with Gasteiger partial charge in [-0.15, -0.1) is 0 Å². The average Bonchev–Trinajstić information content (AvgIpc) is 2.96. The van der Waals surface area contributed by atoms with Crippen LogP contribution in [-0.2, 0) is 11.3 Å². The van der Waals surface area contributed by atoms with E-state index in [0.717, 1.165) is 12.2 Å². The maximum Gasteiger partial charge on any atom is 0.412 e. The number of ether oxygens (including phenoxy) is 1. The molecule has 124 valence electrons. The van der Waals surface area contributed by atoms with Crippen LogP contribution in [-0.4, -0.2) is 11.7 Å². The first kappa shape index (κ1) is 17.5. The molecule has 23 heavy (non-hydrogen) atoms. The third kappa shape index (κ3) is 6.04. The van der Waals surface area contributed by atoms with Gasteiger partial charge < -0.3 is 10.1 Å². The van der Waals surface area contributed by atoms with Crippen molar-refractivity contribution in [2.75, 3.05) is 5.32 Å². The molecule has 1 aromatic heterocycles. The van der Waals surface area contributed by atoms with Crippen molar-refractivity contribution < 1.29 is 9.53 Å². The molecule has 0 saturated heterocycles. The van der Waals surface area contributed by atoms with Gasteiger partial charge in [0, 0.05) is 18.3 Å². The molecular formula is C18H24N2O2S. The number of thiophene rings is 1. The molecule has 0 radical (unpaired) electrons. The van der Waals surface area contributed by atoms with Crippen molar-refractivity contribution in [3.8, 4) is 0 Å². The fourth-order valence-corrected chi connectivity index (χ4v) is 2.73. The minimum atomic E-state index is -0.496. The highest BCUT2D eigenvalue weighted by molar-refractivity contribution is 7.07. The monoisotopic (exact) mass is 332 g/mol. The summed E-state index contributed by atoms with van der Waals surface area (Å²) in [5, 5.41) is 10.5. The summed E-state index contributed by atoms with van der Waals surface area (Å²) < 4.78 is 5.24. The second kappa shape index (κ2) is 7.62. The summed E-state index contributed by atoms with van der Waals surface area (Å²) in [6, 6.07) is 10.2. The molecule has 5 heteroatoms. The highest BCUT2D eigenvalue weighted by Gasteiger charge is 2.16. The molecule has 0 aliphatic carbocycles. The number of carbonyl (C=O) groups is 1. The Morgan fingerprint density at radius 3 is 2.48 bits per heavy atom. The zero-order valence-corrected chi connectivity index (χ0v) is 14.9. The van der Waals surface area contributed by atoms with Gasteiger partial charge in [0.2, 0.25) is 0 Å². The maximum atomic E-state index is 11.7. The van der Waals surface area contributed by atoms with Crippen LogP contribution in [0.1, 0.15) is 44.9 Å². The topological polar surface area (TPSA) is 50.4 Å². The molecular weight excluding hydrogens is 308 g/mol. The lowest BCUT2D eigenvalue weighted by Crippen LogP contribution is -2.27. The van der Waals surface area contributed by atoms with Crippen molar-refractivity contribution in [1.82, 2.24) is 5.32 Å². The van der Waals surface area contributed by atoms with Crippen LogP contribution in [0.5, 0.6) is 0 Å². The summed E-state index contributed by atoms with van der Waals surface area (Å²) in [6.45, 7) is 8.51. The molecule has 0 aliphatic heterocycles. The van der Waals surface area contributed by atoms with Crippen LogP contribution >= 0.6 is 11.3 Å². The number of benzene rings is 1. The van der Waals surface area contributed by atoms with Crippen LogP contribution in [0.25, 0.3) is 0 Å². The minimum Gasteiger partial charge on any atom is -0.444 e. The molecule has 0 bridgehead atoms. The number of nitrogens with one attached hydrogen (secondary N) is 2. The van der Waals surface area contributed by atoms with Gasteiger partial charge in [-0.2, -0.15) is 11.3 Å². The second-order valence-electron chi connectivity index (χ2n) is 6.48. The molecule has 4 nitrogen and oxygen atoms in total. The molecule has 2 N–H and O–H groups in total. The molecule has 2 rings (SSSR count). The Balaban J connectivity index is 1.87. The minimum absolute atomic E-state index is 0.241. The van der Waals surface area contributed by atoms with E-state index in [0.29, 0.717) is 0 Å². The molecule has 1 aromatic carbocycles. The van der Waals surface area contributed by atoms with E-state index in [9.17, 15) is 4.79 Å². The molecule has 1 heterocycles. The number of hydrogen-bond acceptors (Lipinski definition) is 4. The highest BCUT2D eigenvalue weighted by atomic mass is 32.1. The Morgan fingerprint density at radius 1 is 1.22 bits per heavy atom. The van der Waals surface area contributed by atoms with Crippen LogP contribution in [0, 0.1) is 0 Å². The molecule has 0 aliphatic rings. The lowest BCUT2D eigenvalue weighted by Gasteiger charge is -2.20. The molecule has 0 saturated carbocycles. The van der Waals surface area contributed by atoms with Gasteiger partial charge in [0.15, 0.2) is 0 Å². The number of carbonyl (C=O) groups excluding carboxylic acids is 1. The van der Waals surface area contributed by atoms with Gasteiger partial charge in [0.05, 0.1) is 0 Å². The van der Waals surface area contributed by atoms with Crippen molar-refractivity contribution in [3.05, 3.63) is 52.2 Å². The van der Waals surface area contributed by atoms with Crippen LogP contribution in [0.2, 0.25) is 0 Å². The third-order valence-corrected chi connectivity index (χ3v) is 3.98. The van der Waals surface area contributed by atoms with Gasteiger partial charge in [0.25, 0.3) is 0 Å². The van der Waals surface area contributed by atoms with Crippen LogP contribution in [0.4, 0.5) is 10.5 Å². The first-order chi connectivity index (χ1) is 10.8. The number of amides is 1. The summed E-state index contributed by atoms with van der Waals surface area (Å²) in [5.74, 6) is 0. The first-order valence-corrected chi connectivity index (χ1v) is 8.62. The average molecular weight is 332 g/mol. The number of rotatable bonds is 5. The number of hydrogen-bond donors (Lipinski definition) is 2. The van der Waals surface area contributed by atoms with Gasteiger partial charge in [-0.3, -0.25) is 5.32 Å². The smallest absolute Gasteiger partial charge is 0.412 e. The van der Waals surface area contributed by atoms with Crippen molar-refractivity contribution in [2.24, 2.45) is 0 Å². The largest absolute Gasteiger partial charge is 0.444 e. The second-order valence-corrected chi connectivity index (χ2v) is 7.26. The Morgan fingerprint density at radius 2 is 1.91 bits per heavy atom. The van der Waals surface area contributed by atoms with E-state index >= 15 is 0 Å². The summed E-state index contributed by atoms with van der Waals surface area (Å²) in [5.41, 5.74) is 2.71. The normalized spacial score (nSPS) is 12.7. The summed E-state index contributed by atoms with van der Waals surface area (Å²) >= 11 is 1.71. The van der Waals surface area contributed by atoms with Crippen LogP contribution < -0.4 is 10.6 Å². The summed E-state index contributed by atoms with van der Waals surface area (Å²) in [4.78, 5) is 11.7.